The van der Waals surface area contributed by atoms with E-state index in [9.17, 15) is 8.42 Å². The molecule has 102 valence electrons. The Kier molecular flexibility index (Phi) is 3.59. The van der Waals surface area contributed by atoms with Gasteiger partial charge in [0.25, 0.3) is 10.0 Å². The molecule has 1 heterocycles. The van der Waals surface area contributed by atoms with E-state index in [1.807, 2.05) is 6.07 Å². The summed E-state index contributed by atoms with van der Waals surface area (Å²) in [5, 5.41) is 8.85. The number of aryl methyl sites for hydroxylation is 1. The van der Waals surface area contributed by atoms with Crippen molar-refractivity contribution >= 4 is 21.4 Å². The van der Waals surface area contributed by atoms with Crippen molar-refractivity contribution in [3.8, 4) is 6.07 Å². The quantitative estimate of drug-likeness (QED) is 0.892. The van der Waals surface area contributed by atoms with Crippen LogP contribution in [0.4, 0.5) is 11.4 Å². The average Bonchev–Trinajstić information content (AvgIpc) is 2.41. The van der Waals surface area contributed by atoms with Crippen molar-refractivity contribution in [2.24, 2.45) is 0 Å². The predicted octanol–water partition coefficient (Wildman–Crippen LogP) is 1.64. The molecule has 0 atom stereocenters. The minimum Gasteiger partial charge on any atom is -0.396 e. The van der Waals surface area contributed by atoms with E-state index in [-0.39, 0.29) is 16.3 Å². The van der Waals surface area contributed by atoms with Gasteiger partial charge in [0.15, 0.2) is 0 Å². The van der Waals surface area contributed by atoms with E-state index in [4.69, 9.17) is 11.0 Å². The van der Waals surface area contributed by atoms with Crippen LogP contribution in [0.1, 0.15) is 11.1 Å². The molecule has 0 saturated carbocycles. The Morgan fingerprint density at radius 3 is 2.70 bits per heavy atom. The smallest absolute Gasteiger partial charge is 0.261 e. The molecule has 0 amide bonds. The molecule has 0 aliphatic rings. The highest BCUT2D eigenvalue weighted by molar-refractivity contribution is 7.92. The molecule has 0 saturated heterocycles. The Balaban J connectivity index is 2.39. The molecule has 0 aliphatic heterocycles. The lowest BCUT2D eigenvalue weighted by molar-refractivity contribution is 0.601. The number of anilines is 2. The number of nitrogens with zero attached hydrogens (tertiary/aromatic N) is 2. The van der Waals surface area contributed by atoms with E-state index in [0.717, 1.165) is 0 Å². The van der Waals surface area contributed by atoms with Crippen molar-refractivity contribution in [1.82, 2.24) is 4.98 Å². The summed E-state index contributed by atoms with van der Waals surface area (Å²) in [6.07, 6.45) is 2.81. The van der Waals surface area contributed by atoms with Crippen molar-refractivity contribution < 1.29 is 8.42 Å². The minimum absolute atomic E-state index is 0.0743. The topological polar surface area (TPSA) is 109 Å². The highest BCUT2D eigenvalue weighted by Gasteiger charge is 2.16. The third-order valence-electron chi connectivity index (χ3n) is 2.72. The Labute approximate surface area is 116 Å². The summed E-state index contributed by atoms with van der Waals surface area (Å²) in [4.78, 5) is 3.86. The fourth-order valence-corrected chi connectivity index (χ4v) is 2.80. The van der Waals surface area contributed by atoms with E-state index < -0.39 is 10.0 Å². The molecule has 0 fully saturated rings. The van der Waals surface area contributed by atoms with Gasteiger partial charge in [0.05, 0.1) is 34.1 Å². The number of nitrogen functional groups attached to an aromatic ring is 1. The van der Waals surface area contributed by atoms with Gasteiger partial charge in [-0.2, -0.15) is 5.26 Å². The summed E-state index contributed by atoms with van der Waals surface area (Å²) in [5.74, 6) is 0. The lowest BCUT2D eigenvalue weighted by Crippen LogP contribution is -2.14. The summed E-state index contributed by atoms with van der Waals surface area (Å²) in [7, 11) is -3.75. The van der Waals surface area contributed by atoms with Crippen molar-refractivity contribution in [3.05, 3.63) is 47.8 Å². The van der Waals surface area contributed by atoms with Crippen LogP contribution in [0.3, 0.4) is 0 Å². The van der Waals surface area contributed by atoms with Crippen LogP contribution in [0.25, 0.3) is 0 Å². The summed E-state index contributed by atoms with van der Waals surface area (Å²) in [5.41, 5.74) is 7.18. The number of hydrogen-bond acceptors (Lipinski definition) is 5. The summed E-state index contributed by atoms with van der Waals surface area (Å²) >= 11 is 0. The van der Waals surface area contributed by atoms with E-state index in [1.54, 1.807) is 6.92 Å². The normalized spacial score (nSPS) is 10.8. The van der Waals surface area contributed by atoms with Gasteiger partial charge in [-0.15, -0.1) is 0 Å². The number of aromatic nitrogens is 1. The number of nitriles is 1. The molecular weight excluding hydrogens is 276 g/mol. The second-order valence-corrected chi connectivity index (χ2v) is 5.84. The monoisotopic (exact) mass is 288 g/mol. The number of rotatable bonds is 3. The molecule has 0 aliphatic carbocycles. The maximum Gasteiger partial charge on any atom is 0.261 e. The molecule has 0 radical (unpaired) electrons. The first-order valence-corrected chi connectivity index (χ1v) is 7.15. The number of sulfonamides is 1. The molecule has 2 aromatic rings. The molecule has 1 aromatic carbocycles. The second-order valence-electron chi connectivity index (χ2n) is 4.16. The van der Waals surface area contributed by atoms with E-state index in [1.165, 1.54) is 36.7 Å². The van der Waals surface area contributed by atoms with Gasteiger partial charge in [0.1, 0.15) is 0 Å². The average molecular weight is 288 g/mol. The fraction of sp³-hybridized carbons (Fsp3) is 0.0769. The van der Waals surface area contributed by atoms with Gasteiger partial charge in [0.2, 0.25) is 0 Å². The molecule has 7 heteroatoms. The number of nitrogens with two attached hydrogens (primary N) is 1. The van der Waals surface area contributed by atoms with Gasteiger partial charge in [-0.1, -0.05) is 0 Å². The van der Waals surface area contributed by atoms with Crippen LogP contribution in [-0.2, 0) is 10.0 Å². The Morgan fingerprint density at radius 2 is 2.10 bits per heavy atom. The number of nitrogens with one attached hydrogen (secondary N) is 1. The van der Waals surface area contributed by atoms with Gasteiger partial charge in [-0.05, 0) is 36.8 Å². The number of pyridine rings is 1. The molecule has 1 aromatic heterocycles. The SMILES string of the molecule is Cc1cc(S(=O)(=O)Nc2ccncc2N)ccc1C#N. The first kappa shape index (κ1) is 13.8. The van der Waals surface area contributed by atoms with Crippen LogP contribution in [0.15, 0.2) is 41.6 Å². The zero-order valence-electron chi connectivity index (χ0n) is 10.7. The third-order valence-corrected chi connectivity index (χ3v) is 4.09. The van der Waals surface area contributed by atoms with E-state index in [2.05, 4.69) is 9.71 Å². The molecule has 0 bridgehead atoms. The van der Waals surface area contributed by atoms with E-state index in [0.29, 0.717) is 11.1 Å². The molecule has 3 N–H and O–H groups in total. The van der Waals surface area contributed by atoms with Gasteiger partial charge in [-0.25, -0.2) is 8.42 Å². The van der Waals surface area contributed by atoms with Gasteiger partial charge >= 0.3 is 0 Å². The van der Waals surface area contributed by atoms with Crippen LogP contribution in [-0.4, -0.2) is 13.4 Å². The van der Waals surface area contributed by atoms with Gasteiger partial charge < -0.3 is 5.73 Å². The maximum atomic E-state index is 12.2. The predicted molar refractivity (Wildman–Crippen MR) is 75.4 cm³/mol. The summed E-state index contributed by atoms with van der Waals surface area (Å²) < 4.78 is 26.9. The van der Waals surface area contributed by atoms with Gasteiger partial charge in [0, 0.05) is 6.20 Å². The highest BCUT2D eigenvalue weighted by Crippen LogP contribution is 2.22. The first-order valence-electron chi connectivity index (χ1n) is 5.67. The van der Waals surface area contributed by atoms with Crippen LogP contribution in [0.2, 0.25) is 0 Å². The van der Waals surface area contributed by atoms with Crippen molar-refractivity contribution in [3.63, 3.8) is 0 Å². The molecule has 0 unspecified atom stereocenters. The van der Waals surface area contributed by atoms with Crippen molar-refractivity contribution in [1.29, 1.82) is 5.26 Å². The Morgan fingerprint density at radius 1 is 1.35 bits per heavy atom. The molecule has 6 nitrogen and oxygen atoms in total. The third kappa shape index (κ3) is 2.70. The highest BCUT2D eigenvalue weighted by atomic mass is 32.2. The van der Waals surface area contributed by atoms with Crippen LogP contribution >= 0.6 is 0 Å². The lowest BCUT2D eigenvalue weighted by atomic mass is 10.1. The minimum atomic E-state index is -3.75. The van der Waals surface area contributed by atoms with Crippen LogP contribution in [0, 0.1) is 18.3 Å². The summed E-state index contributed by atoms with van der Waals surface area (Å²) in [6.45, 7) is 1.68. The van der Waals surface area contributed by atoms with Gasteiger partial charge in [-0.3, -0.25) is 9.71 Å². The molecule has 2 rings (SSSR count). The van der Waals surface area contributed by atoms with Crippen molar-refractivity contribution in [2.75, 3.05) is 10.5 Å². The zero-order chi connectivity index (χ0) is 14.8. The Hall–Kier alpha value is -2.59. The van der Waals surface area contributed by atoms with Crippen LogP contribution < -0.4 is 10.5 Å². The zero-order valence-corrected chi connectivity index (χ0v) is 11.5. The fourth-order valence-electron chi connectivity index (χ4n) is 1.63. The maximum absolute atomic E-state index is 12.2. The lowest BCUT2D eigenvalue weighted by Gasteiger charge is -2.10. The van der Waals surface area contributed by atoms with Crippen LogP contribution in [0.5, 0.6) is 0 Å². The largest absolute Gasteiger partial charge is 0.396 e. The molecule has 20 heavy (non-hydrogen) atoms. The van der Waals surface area contributed by atoms with Crippen molar-refractivity contribution in [2.45, 2.75) is 11.8 Å². The second kappa shape index (κ2) is 5.19. The summed E-state index contributed by atoms with van der Waals surface area (Å²) in [6, 6.07) is 7.76. The van der Waals surface area contributed by atoms with E-state index >= 15 is 0 Å². The molecular formula is C13H12N4O2S. The number of hydrogen-bond donors (Lipinski definition) is 2. The number of benzene rings is 1. The molecule has 0 spiro atoms. The first-order chi connectivity index (χ1) is 9.44. The standard InChI is InChI=1S/C13H12N4O2S/c1-9-6-11(3-2-10(9)7-14)20(18,19)17-13-4-5-16-8-12(13)15/h2-6,8H,15H2,1H3,(H,16,17). The Bertz CT molecular complexity index is 794.